The van der Waals surface area contributed by atoms with Crippen LogP contribution in [0.25, 0.3) is 0 Å². The Morgan fingerprint density at radius 2 is 1.36 bits per heavy atom. The zero-order chi connectivity index (χ0) is 11.6. The van der Waals surface area contributed by atoms with Crippen molar-refractivity contribution in [1.29, 1.82) is 0 Å². The first-order valence-electron chi connectivity index (χ1n) is 3.83. The van der Waals surface area contributed by atoms with Gasteiger partial charge in [-0.1, -0.05) is 6.92 Å². The molecule has 1 unspecified atom stereocenters. The highest BCUT2D eigenvalue weighted by Crippen LogP contribution is 2.42. The van der Waals surface area contributed by atoms with Crippen molar-refractivity contribution in [2.24, 2.45) is 11.8 Å². The molecule has 0 saturated heterocycles. The van der Waals surface area contributed by atoms with E-state index in [0.29, 0.717) is 0 Å². The van der Waals surface area contributed by atoms with Crippen LogP contribution >= 0.6 is 12.6 Å². The van der Waals surface area contributed by atoms with Gasteiger partial charge < -0.3 is 0 Å². The van der Waals surface area contributed by atoms with Gasteiger partial charge in [-0.25, -0.2) is 0 Å². The van der Waals surface area contributed by atoms with E-state index >= 15 is 0 Å². The Bertz CT molecular complexity index is 158. The van der Waals surface area contributed by atoms with Crippen molar-refractivity contribution in [3.63, 3.8) is 0 Å². The monoisotopic (exact) mass is 240 g/mol. The summed E-state index contributed by atoms with van der Waals surface area (Å²) in [6.07, 6.45) is -11.4. The highest BCUT2D eigenvalue weighted by Gasteiger charge is 2.56. The Hall–Kier alpha value is -0.0700. The molecular formula is C7H10F6S. The summed E-state index contributed by atoms with van der Waals surface area (Å²) in [4.78, 5) is 0. The molecule has 0 saturated carbocycles. The van der Waals surface area contributed by atoms with Crippen molar-refractivity contribution in [2.75, 3.05) is 5.75 Å². The molecule has 0 rings (SSSR count). The number of alkyl halides is 6. The predicted octanol–water partition coefficient (Wildman–Crippen LogP) is 3.68. The zero-order valence-corrected chi connectivity index (χ0v) is 8.18. The first kappa shape index (κ1) is 13.9. The molecule has 0 aromatic carbocycles. The summed E-state index contributed by atoms with van der Waals surface area (Å²) in [5.74, 6) is -3.95. The van der Waals surface area contributed by atoms with Gasteiger partial charge in [-0.15, -0.1) is 0 Å². The summed E-state index contributed by atoms with van der Waals surface area (Å²) in [5, 5.41) is 0. The SMILES string of the molecule is CC(CS)CC(C(F)(F)F)C(F)(F)F. The zero-order valence-electron chi connectivity index (χ0n) is 7.28. The third kappa shape index (κ3) is 4.43. The van der Waals surface area contributed by atoms with Crippen LogP contribution in [0.5, 0.6) is 0 Å². The van der Waals surface area contributed by atoms with Crippen molar-refractivity contribution < 1.29 is 26.3 Å². The molecular weight excluding hydrogens is 230 g/mol. The van der Waals surface area contributed by atoms with Crippen LogP contribution in [-0.2, 0) is 0 Å². The molecule has 0 fully saturated rings. The Balaban J connectivity index is 4.59. The van der Waals surface area contributed by atoms with Gasteiger partial charge in [0.05, 0.1) is 0 Å². The van der Waals surface area contributed by atoms with Gasteiger partial charge in [0.25, 0.3) is 0 Å². The smallest absolute Gasteiger partial charge is 0.179 e. The van der Waals surface area contributed by atoms with Crippen LogP contribution in [0.3, 0.4) is 0 Å². The molecule has 0 aromatic rings. The molecule has 0 radical (unpaired) electrons. The van der Waals surface area contributed by atoms with Crippen LogP contribution in [0.4, 0.5) is 26.3 Å². The third-order valence-corrected chi connectivity index (χ3v) is 2.36. The minimum Gasteiger partial charge on any atom is -0.179 e. The fourth-order valence-corrected chi connectivity index (χ4v) is 1.08. The molecule has 0 aromatic heterocycles. The van der Waals surface area contributed by atoms with E-state index in [1.807, 2.05) is 0 Å². The summed E-state index contributed by atoms with van der Waals surface area (Å²) in [6, 6.07) is 0. The third-order valence-electron chi connectivity index (χ3n) is 1.74. The van der Waals surface area contributed by atoms with Crippen LogP contribution in [0, 0.1) is 11.8 Å². The van der Waals surface area contributed by atoms with E-state index < -0.39 is 30.6 Å². The molecule has 0 heterocycles. The Labute approximate surface area is 83.1 Å². The van der Waals surface area contributed by atoms with E-state index in [-0.39, 0.29) is 5.75 Å². The molecule has 0 N–H and O–H groups in total. The maximum atomic E-state index is 12.0. The van der Waals surface area contributed by atoms with Gasteiger partial charge in [0, 0.05) is 0 Å². The van der Waals surface area contributed by atoms with Crippen molar-refractivity contribution in [3.05, 3.63) is 0 Å². The quantitative estimate of drug-likeness (QED) is 0.564. The summed E-state index contributed by atoms with van der Waals surface area (Å²) in [6.45, 7) is 1.30. The fraction of sp³-hybridized carbons (Fsp3) is 1.00. The summed E-state index contributed by atoms with van der Waals surface area (Å²) in [7, 11) is 0. The van der Waals surface area contributed by atoms with Gasteiger partial charge in [-0.2, -0.15) is 39.0 Å². The highest BCUT2D eigenvalue weighted by atomic mass is 32.1. The van der Waals surface area contributed by atoms with Crippen LogP contribution < -0.4 is 0 Å². The maximum absolute atomic E-state index is 12.0. The van der Waals surface area contributed by atoms with E-state index in [1.165, 1.54) is 6.92 Å². The molecule has 0 aliphatic rings. The molecule has 86 valence electrons. The van der Waals surface area contributed by atoms with Gasteiger partial charge in [0.1, 0.15) is 0 Å². The molecule has 7 heteroatoms. The summed E-state index contributed by atoms with van der Waals surface area (Å²) in [5.41, 5.74) is 0. The van der Waals surface area contributed by atoms with Crippen LogP contribution in [0.15, 0.2) is 0 Å². The van der Waals surface area contributed by atoms with Crippen molar-refractivity contribution >= 4 is 12.6 Å². The fourth-order valence-electron chi connectivity index (χ4n) is 0.930. The molecule has 0 spiro atoms. The molecule has 0 amide bonds. The average molecular weight is 240 g/mol. The van der Waals surface area contributed by atoms with E-state index in [9.17, 15) is 26.3 Å². The summed E-state index contributed by atoms with van der Waals surface area (Å²) < 4.78 is 71.8. The van der Waals surface area contributed by atoms with Crippen LogP contribution in [0.2, 0.25) is 0 Å². The predicted molar refractivity (Wildman–Crippen MR) is 43.2 cm³/mol. The van der Waals surface area contributed by atoms with Crippen LogP contribution in [0.1, 0.15) is 13.3 Å². The largest absolute Gasteiger partial charge is 0.400 e. The lowest BCUT2D eigenvalue weighted by molar-refractivity contribution is -0.287. The van der Waals surface area contributed by atoms with Gasteiger partial charge in [0.15, 0.2) is 5.92 Å². The second kappa shape index (κ2) is 4.63. The standard InChI is InChI=1S/C7H10F6S/c1-4(3-14)2-5(6(8,9)10)7(11,12)13/h4-5,14H,2-3H2,1H3. The highest BCUT2D eigenvalue weighted by molar-refractivity contribution is 7.80. The molecule has 0 nitrogen and oxygen atoms in total. The second-order valence-electron chi connectivity index (χ2n) is 3.16. The number of rotatable bonds is 3. The lowest BCUT2D eigenvalue weighted by atomic mass is 9.96. The van der Waals surface area contributed by atoms with Gasteiger partial charge in [-0.05, 0) is 18.1 Å². The molecule has 0 aliphatic carbocycles. The second-order valence-corrected chi connectivity index (χ2v) is 3.52. The van der Waals surface area contributed by atoms with Crippen molar-refractivity contribution in [1.82, 2.24) is 0 Å². The Kier molecular flexibility index (Phi) is 4.61. The number of hydrogen-bond donors (Lipinski definition) is 1. The van der Waals surface area contributed by atoms with Gasteiger partial charge in [-0.3, -0.25) is 0 Å². The van der Waals surface area contributed by atoms with E-state index in [1.54, 1.807) is 0 Å². The van der Waals surface area contributed by atoms with E-state index in [0.717, 1.165) is 0 Å². The Morgan fingerprint density at radius 1 is 1.00 bits per heavy atom. The van der Waals surface area contributed by atoms with Crippen LogP contribution in [-0.4, -0.2) is 18.1 Å². The van der Waals surface area contributed by atoms with E-state index in [2.05, 4.69) is 12.6 Å². The lowest BCUT2D eigenvalue weighted by Crippen LogP contribution is -2.37. The summed E-state index contributed by atoms with van der Waals surface area (Å²) >= 11 is 3.65. The normalized spacial score (nSPS) is 16.1. The maximum Gasteiger partial charge on any atom is 0.400 e. The first-order valence-corrected chi connectivity index (χ1v) is 4.46. The minimum absolute atomic E-state index is 0.00264. The number of hydrogen-bond acceptors (Lipinski definition) is 1. The molecule has 0 aliphatic heterocycles. The average Bonchev–Trinajstić information content (AvgIpc) is 1.95. The molecule has 1 atom stereocenters. The molecule has 14 heavy (non-hydrogen) atoms. The van der Waals surface area contributed by atoms with Crippen molar-refractivity contribution in [2.45, 2.75) is 25.7 Å². The number of thiol groups is 1. The first-order chi connectivity index (χ1) is 6.09. The Morgan fingerprint density at radius 3 is 1.57 bits per heavy atom. The molecule has 0 bridgehead atoms. The lowest BCUT2D eigenvalue weighted by Gasteiger charge is -2.24. The minimum atomic E-state index is -5.23. The number of halogens is 6. The van der Waals surface area contributed by atoms with Crippen molar-refractivity contribution in [3.8, 4) is 0 Å². The topological polar surface area (TPSA) is 0 Å². The van der Waals surface area contributed by atoms with E-state index in [4.69, 9.17) is 0 Å². The van der Waals surface area contributed by atoms with Gasteiger partial charge >= 0.3 is 12.4 Å². The van der Waals surface area contributed by atoms with Gasteiger partial charge in [0.2, 0.25) is 0 Å².